The summed E-state index contributed by atoms with van der Waals surface area (Å²) >= 11 is 0. The summed E-state index contributed by atoms with van der Waals surface area (Å²) in [5, 5.41) is 6.01. The zero-order chi connectivity index (χ0) is 20.3. The molecule has 0 radical (unpaired) electrons. The monoisotopic (exact) mass is 399 g/mol. The molecule has 6 heteroatoms. The van der Waals surface area contributed by atoms with Crippen molar-refractivity contribution in [2.45, 2.75) is 32.4 Å². The van der Waals surface area contributed by atoms with E-state index in [1.807, 2.05) is 48.7 Å². The quantitative estimate of drug-likeness (QED) is 0.456. The van der Waals surface area contributed by atoms with Crippen LogP contribution in [-0.4, -0.2) is 37.7 Å². The zero-order valence-electron chi connectivity index (χ0n) is 17.1. The Morgan fingerprint density at radius 3 is 2.60 bits per heavy atom. The molecule has 2 aromatic heterocycles. The fraction of sp³-hybridized carbons (Fsp3) is 0.292. The second-order valence-corrected chi connectivity index (χ2v) is 7.60. The standard InChI is InChI=1S/C24H25N5O/c1-2-28-15-7-6-10-22(28)29-24-21(16-25-17-26-24)23(27-29)18-11-13-20(14-12-18)30-19-8-4-3-5-9-19/h3-5,8-9,11-14,16-17,22H,2,6-7,10,15H2,1H3. The normalized spacial score (nSPS) is 17.3. The summed E-state index contributed by atoms with van der Waals surface area (Å²) in [5.41, 5.74) is 2.85. The van der Waals surface area contributed by atoms with E-state index in [1.54, 1.807) is 6.33 Å². The molecule has 1 fully saturated rings. The van der Waals surface area contributed by atoms with Crippen LogP contribution in [0, 0.1) is 0 Å². The third kappa shape index (κ3) is 3.55. The molecule has 0 N–H and O–H groups in total. The van der Waals surface area contributed by atoms with Gasteiger partial charge < -0.3 is 4.74 Å². The number of likely N-dealkylation sites (tertiary alicyclic amines) is 1. The van der Waals surface area contributed by atoms with Crippen molar-refractivity contribution in [1.29, 1.82) is 0 Å². The number of hydrogen-bond donors (Lipinski definition) is 0. The maximum atomic E-state index is 5.93. The minimum absolute atomic E-state index is 0.246. The Hall–Kier alpha value is -3.25. The summed E-state index contributed by atoms with van der Waals surface area (Å²) < 4.78 is 8.03. The SMILES string of the molecule is CCN1CCCCC1n1nc(-c2ccc(Oc3ccccc3)cc2)c2cncnc21. The Bertz CT molecular complexity index is 1120. The molecule has 0 spiro atoms. The minimum atomic E-state index is 0.246. The van der Waals surface area contributed by atoms with E-state index >= 15 is 0 Å². The molecule has 1 unspecified atom stereocenters. The molecule has 6 nitrogen and oxygen atoms in total. The van der Waals surface area contributed by atoms with Gasteiger partial charge in [0.15, 0.2) is 5.65 Å². The molecule has 1 aliphatic rings. The van der Waals surface area contributed by atoms with Crippen LogP contribution in [0.2, 0.25) is 0 Å². The number of ether oxygens (including phenoxy) is 1. The van der Waals surface area contributed by atoms with Crippen molar-refractivity contribution in [3.8, 4) is 22.8 Å². The first-order chi connectivity index (χ1) is 14.8. The summed E-state index contributed by atoms with van der Waals surface area (Å²) in [6.45, 7) is 4.33. The van der Waals surface area contributed by atoms with Gasteiger partial charge >= 0.3 is 0 Å². The molecule has 5 rings (SSSR count). The lowest BCUT2D eigenvalue weighted by atomic mass is 10.1. The number of benzene rings is 2. The molecule has 2 aromatic carbocycles. The first kappa shape index (κ1) is 18.8. The number of hydrogen-bond acceptors (Lipinski definition) is 5. The highest BCUT2D eigenvalue weighted by molar-refractivity contribution is 5.90. The Kier molecular flexibility index (Phi) is 5.15. The van der Waals surface area contributed by atoms with Crippen LogP contribution in [0.1, 0.15) is 32.4 Å². The molecular formula is C24H25N5O. The van der Waals surface area contributed by atoms with Gasteiger partial charge in [0.2, 0.25) is 0 Å². The highest BCUT2D eigenvalue weighted by atomic mass is 16.5. The molecular weight excluding hydrogens is 374 g/mol. The van der Waals surface area contributed by atoms with Crippen molar-refractivity contribution in [3.05, 3.63) is 67.1 Å². The van der Waals surface area contributed by atoms with Gasteiger partial charge in [0.25, 0.3) is 0 Å². The predicted octanol–water partition coefficient (Wildman–Crippen LogP) is 5.29. The molecule has 0 saturated carbocycles. The smallest absolute Gasteiger partial charge is 0.163 e. The zero-order valence-corrected chi connectivity index (χ0v) is 17.1. The van der Waals surface area contributed by atoms with Gasteiger partial charge in [-0.1, -0.05) is 25.1 Å². The average Bonchev–Trinajstić information content (AvgIpc) is 3.20. The number of piperidine rings is 1. The third-order valence-electron chi connectivity index (χ3n) is 5.75. The molecule has 1 atom stereocenters. The van der Waals surface area contributed by atoms with Crippen molar-refractivity contribution in [2.24, 2.45) is 0 Å². The Labute approximate surface area is 176 Å². The number of fused-ring (bicyclic) bond motifs is 1. The topological polar surface area (TPSA) is 56.1 Å². The second kappa shape index (κ2) is 8.24. The van der Waals surface area contributed by atoms with Crippen LogP contribution in [0.3, 0.4) is 0 Å². The molecule has 0 amide bonds. The van der Waals surface area contributed by atoms with E-state index in [-0.39, 0.29) is 6.17 Å². The second-order valence-electron chi connectivity index (χ2n) is 7.60. The Morgan fingerprint density at radius 2 is 1.80 bits per heavy atom. The first-order valence-electron chi connectivity index (χ1n) is 10.6. The van der Waals surface area contributed by atoms with Gasteiger partial charge in [-0.05, 0) is 62.2 Å². The van der Waals surface area contributed by atoms with Crippen molar-refractivity contribution < 1.29 is 4.74 Å². The lowest BCUT2D eigenvalue weighted by Crippen LogP contribution is -2.37. The molecule has 0 aliphatic carbocycles. The summed E-state index contributed by atoms with van der Waals surface area (Å²) in [4.78, 5) is 11.3. The lowest BCUT2D eigenvalue weighted by molar-refractivity contribution is 0.0949. The Morgan fingerprint density at radius 1 is 1.00 bits per heavy atom. The molecule has 1 aliphatic heterocycles. The van der Waals surface area contributed by atoms with Crippen molar-refractivity contribution in [3.63, 3.8) is 0 Å². The number of para-hydroxylation sites is 1. The van der Waals surface area contributed by atoms with Crippen LogP contribution in [0.5, 0.6) is 11.5 Å². The summed E-state index contributed by atoms with van der Waals surface area (Å²) in [6, 6.07) is 17.9. The van der Waals surface area contributed by atoms with E-state index in [0.717, 1.165) is 53.3 Å². The van der Waals surface area contributed by atoms with E-state index in [1.165, 1.54) is 12.8 Å². The molecule has 3 heterocycles. The van der Waals surface area contributed by atoms with Gasteiger partial charge in [-0.3, -0.25) is 4.90 Å². The lowest BCUT2D eigenvalue weighted by Gasteiger charge is -2.34. The van der Waals surface area contributed by atoms with E-state index in [9.17, 15) is 0 Å². The van der Waals surface area contributed by atoms with Crippen LogP contribution in [0.25, 0.3) is 22.3 Å². The fourth-order valence-electron chi connectivity index (χ4n) is 4.23. The first-order valence-corrected chi connectivity index (χ1v) is 10.6. The van der Waals surface area contributed by atoms with Crippen molar-refractivity contribution >= 4 is 11.0 Å². The predicted molar refractivity (Wildman–Crippen MR) is 117 cm³/mol. The van der Waals surface area contributed by atoms with E-state index in [2.05, 4.69) is 38.6 Å². The highest BCUT2D eigenvalue weighted by Gasteiger charge is 2.26. The molecule has 4 aromatic rings. The van der Waals surface area contributed by atoms with Crippen molar-refractivity contribution in [2.75, 3.05) is 13.1 Å². The van der Waals surface area contributed by atoms with Crippen LogP contribution in [-0.2, 0) is 0 Å². The summed E-state index contributed by atoms with van der Waals surface area (Å²) in [5.74, 6) is 1.62. The van der Waals surface area contributed by atoms with E-state index in [4.69, 9.17) is 9.84 Å². The third-order valence-corrected chi connectivity index (χ3v) is 5.75. The minimum Gasteiger partial charge on any atom is -0.457 e. The summed E-state index contributed by atoms with van der Waals surface area (Å²) in [6.07, 6.45) is 7.28. The van der Waals surface area contributed by atoms with Gasteiger partial charge in [0, 0.05) is 18.3 Å². The van der Waals surface area contributed by atoms with Crippen LogP contribution in [0.15, 0.2) is 67.1 Å². The van der Waals surface area contributed by atoms with Crippen molar-refractivity contribution in [1.82, 2.24) is 24.6 Å². The van der Waals surface area contributed by atoms with Crippen LogP contribution < -0.4 is 4.74 Å². The molecule has 30 heavy (non-hydrogen) atoms. The van der Waals surface area contributed by atoms with Crippen LogP contribution in [0.4, 0.5) is 0 Å². The number of aromatic nitrogens is 4. The van der Waals surface area contributed by atoms with E-state index < -0.39 is 0 Å². The van der Waals surface area contributed by atoms with E-state index in [0.29, 0.717) is 0 Å². The number of nitrogens with zero attached hydrogens (tertiary/aromatic N) is 5. The van der Waals surface area contributed by atoms with Gasteiger partial charge in [-0.2, -0.15) is 5.10 Å². The average molecular weight is 399 g/mol. The van der Waals surface area contributed by atoms with Gasteiger partial charge in [0.1, 0.15) is 29.7 Å². The molecule has 152 valence electrons. The van der Waals surface area contributed by atoms with Crippen LogP contribution >= 0.6 is 0 Å². The molecule has 1 saturated heterocycles. The molecule has 0 bridgehead atoms. The summed E-state index contributed by atoms with van der Waals surface area (Å²) in [7, 11) is 0. The Balaban J connectivity index is 1.50. The largest absolute Gasteiger partial charge is 0.457 e. The van der Waals surface area contributed by atoms with Gasteiger partial charge in [-0.15, -0.1) is 0 Å². The van der Waals surface area contributed by atoms with Gasteiger partial charge in [-0.25, -0.2) is 14.6 Å². The number of rotatable bonds is 5. The maximum Gasteiger partial charge on any atom is 0.163 e. The fourth-order valence-corrected chi connectivity index (χ4v) is 4.23. The van der Waals surface area contributed by atoms with Gasteiger partial charge in [0.05, 0.1) is 5.39 Å². The maximum absolute atomic E-state index is 5.93. The highest BCUT2D eigenvalue weighted by Crippen LogP contribution is 2.33.